The number of fused-ring (bicyclic) bond motifs is 1. The van der Waals surface area contributed by atoms with Crippen molar-refractivity contribution in [3.05, 3.63) is 18.3 Å². The molecule has 2 aliphatic heterocycles. The first-order chi connectivity index (χ1) is 10.9. The summed E-state index contributed by atoms with van der Waals surface area (Å²) >= 11 is 2.01. The summed E-state index contributed by atoms with van der Waals surface area (Å²) < 4.78 is 0. The molecule has 2 fully saturated rings. The summed E-state index contributed by atoms with van der Waals surface area (Å²) in [6.07, 6.45) is 1.81. The maximum absolute atomic E-state index is 4.91. The first kappa shape index (κ1) is 14.0. The number of hydrogen-bond donors (Lipinski definition) is 1. The molecule has 4 heterocycles. The number of nitrogens with zero attached hydrogens (tertiary/aromatic N) is 5. The summed E-state index contributed by atoms with van der Waals surface area (Å²) in [7, 11) is 0. The SMILES string of the molecule is c1cnc2nc(N3CCNCC3)nc(N3CCSCC3)c2c1. The van der Waals surface area contributed by atoms with Crippen LogP contribution in [0.15, 0.2) is 18.3 Å². The van der Waals surface area contributed by atoms with Gasteiger partial charge in [0.05, 0.1) is 5.39 Å². The number of piperazine rings is 1. The maximum Gasteiger partial charge on any atom is 0.229 e. The van der Waals surface area contributed by atoms with Crippen molar-refractivity contribution >= 4 is 34.6 Å². The summed E-state index contributed by atoms with van der Waals surface area (Å²) in [5.74, 6) is 4.19. The van der Waals surface area contributed by atoms with Crippen molar-refractivity contribution < 1.29 is 0 Å². The zero-order chi connectivity index (χ0) is 14.8. The molecule has 0 unspecified atom stereocenters. The lowest BCUT2D eigenvalue weighted by atomic mass is 10.3. The van der Waals surface area contributed by atoms with Gasteiger partial charge < -0.3 is 15.1 Å². The van der Waals surface area contributed by atoms with E-state index in [1.807, 2.05) is 24.0 Å². The van der Waals surface area contributed by atoms with E-state index < -0.39 is 0 Å². The minimum atomic E-state index is 0.805. The molecule has 0 aliphatic carbocycles. The predicted molar refractivity (Wildman–Crippen MR) is 92.0 cm³/mol. The summed E-state index contributed by atoms with van der Waals surface area (Å²) in [5, 5.41) is 4.44. The Bertz CT molecular complexity index is 652. The quantitative estimate of drug-likeness (QED) is 0.886. The highest BCUT2D eigenvalue weighted by atomic mass is 32.2. The minimum Gasteiger partial charge on any atom is -0.354 e. The van der Waals surface area contributed by atoms with E-state index >= 15 is 0 Å². The van der Waals surface area contributed by atoms with Crippen molar-refractivity contribution in [3.8, 4) is 0 Å². The molecular weight excluding hydrogens is 296 g/mol. The second kappa shape index (κ2) is 6.26. The van der Waals surface area contributed by atoms with Crippen LogP contribution in [0.2, 0.25) is 0 Å². The van der Waals surface area contributed by atoms with Gasteiger partial charge in [0, 0.05) is 57.0 Å². The van der Waals surface area contributed by atoms with Crippen LogP contribution in [0.25, 0.3) is 11.0 Å². The smallest absolute Gasteiger partial charge is 0.229 e. The lowest BCUT2D eigenvalue weighted by Gasteiger charge is -2.31. The number of rotatable bonds is 2. The van der Waals surface area contributed by atoms with Gasteiger partial charge in [-0.3, -0.25) is 0 Å². The van der Waals surface area contributed by atoms with Crippen LogP contribution in [0.5, 0.6) is 0 Å². The largest absolute Gasteiger partial charge is 0.354 e. The molecule has 2 aliphatic rings. The molecule has 0 radical (unpaired) electrons. The van der Waals surface area contributed by atoms with Gasteiger partial charge in [0.15, 0.2) is 5.65 Å². The van der Waals surface area contributed by atoms with Crippen LogP contribution in [0.3, 0.4) is 0 Å². The van der Waals surface area contributed by atoms with Gasteiger partial charge in [0.2, 0.25) is 5.95 Å². The molecule has 7 heteroatoms. The number of hydrogen-bond acceptors (Lipinski definition) is 7. The van der Waals surface area contributed by atoms with Crippen molar-refractivity contribution in [3.63, 3.8) is 0 Å². The third-order valence-corrected chi connectivity index (χ3v) is 5.09. The molecule has 0 aromatic carbocycles. The van der Waals surface area contributed by atoms with Gasteiger partial charge in [-0.1, -0.05) is 0 Å². The number of pyridine rings is 1. The van der Waals surface area contributed by atoms with Gasteiger partial charge in [0.25, 0.3) is 0 Å². The lowest BCUT2D eigenvalue weighted by molar-refractivity contribution is 0.580. The van der Waals surface area contributed by atoms with Crippen LogP contribution in [-0.2, 0) is 0 Å². The van der Waals surface area contributed by atoms with Crippen LogP contribution in [0.1, 0.15) is 0 Å². The van der Waals surface area contributed by atoms with E-state index in [-0.39, 0.29) is 0 Å². The van der Waals surface area contributed by atoms with Crippen molar-refractivity contribution in [2.24, 2.45) is 0 Å². The summed E-state index contributed by atoms with van der Waals surface area (Å²) in [4.78, 5) is 18.7. The van der Waals surface area contributed by atoms with Gasteiger partial charge in [-0.05, 0) is 12.1 Å². The van der Waals surface area contributed by atoms with E-state index in [4.69, 9.17) is 9.97 Å². The molecule has 0 amide bonds. The van der Waals surface area contributed by atoms with Crippen LogP contribution >= 0.6 is 11.8 Å². The molecule has 0 saturated carbocycles. The highest BCUT2D eigenvalue weighted by Gasteiger charge is 2.20. The van der Waals surface area contributed by atoms with Gasteiger partial charge >= 0.3 is 0 Å². The Labute approximate surface area is 134 Å². The molecule has 4 rings (SSSR count). The molecule has 2 saturated heterocycles. The Morgan fingerprint density at radius 1 is 1.00 bits per heavy atom. The third kappa shape index (κ3) is 2.70. The van der Waals surface area contributed by atoms with Crippen LogP contribution in [0, 0.1) is 0 Å². The van der Waals surface area contributed by atoms with Crippen LogP contribution in [-0.4, -0.2) is 65.7 Å². The second-order valence-corrected chi connectivity index (χ2v) is 6.78. The van der Waals surface area contributed by atoms with Crippen molar-refractivity contribution in [1.82, 2.24) is 20.3 Å². The number of nitrogens with one attached hydrogen (secondary N) is 1. The van der Waals surface area contributed by atoms with Crippen LogP contribution < -0.4 is 15.1 Å². The molecule has 22 heavy (non-hydrogen) atoms. The number of anilines is 2. The monoisotopic (exact) mass is 316 g/mol. The fraction of sp³-hybridized carbons (Fsp3) is 0.533. The Hall–Kier alpha value is -1.60. The van der Waals surface area contributed by atoms with Crippen LogP contribution in [0.4, 0.5) is 11.8 Å². The average molecular weight is 316 g/mol. The molecule has 2 aromatic heterocycles. The zero-order valence-electron chi connectivity index (χ0n) is 12.5. The summed E-state index contributed by atoms with van der Waals surface area (Å²) in [6.45, 7) is 5.97. The molecule has 6 nitrogen and oxygen atoms in total. The summed E-state index contributed by atoms with van der Waals surface area (Å²) in [6, 6.07) is 4.05. The molecule has 0 bridgehead atoms. The van der Waals surface area contributed by atoms with Gasteiger partial charge in [0.1, 0.15) is 5.82 Å². The zero-order valence-corrected chi connectivity index (χ0v) is 13.3. The highest BCUT2D eigenvalue weighted by Crippen LogP contribution is 2.27. The third-order valence-electron chi connectivity index (χ3n) is 4.15. The van der Waals surface area contributed by atoms with Crippen molar-refractivity contribution in [1.29, 1.82) is 0 Å². The standard InChI is InChI=1S/C15H20N6S/c1-2-12-13(17-3-1)18-15(21-6-4-16-5-7-21)19-14(12)20-8-10-22-11-9-20/h1-3,16H,4-11H2. The first-order valence-electron chi connectivity index (χ1n) is 7.83. The highest BCUT2D eigenvalue weighted by molar-refractivity contribution is 7.99. The van der Waals surface area contributed by atoms with Gasteiger partial charge in [-0.2, -0.15) is 21.7 Å². The summed E-state index contributed by atoms with van der Waals surface area (Å²) in [5.41, 5.74) is 0.805. The molecule has 116 valence electrons. The first-order valence-corrected chi connectivity index (χ1v) is 8.98. The topological polar surface area (TPSA) is 57.2 Å². The molecule has 0 atom stereocenters. The minimum absolute atomic E-state index is 0.805. The fourth-order valence-electron chi connectivity index (χ4n) is 2.96. The Morgan fingerprint density at radius 3 is 2.64 bits per heavy atom. The lowest BCUT2D eigenvalue weighted by Crippen LogP contribution is -2.44. The van der Waals surface area contributed by atoms with Crippen molar-refractivity contribution in [2.45, 2.75) is 0 Å². The van der Waals surface area contributed by atoms with E-state index in [1.165, 1.54) is 0 Å². The normalized spacial score (nSPS) is 19.6. The second-order valence-electron chi connectivity index (χ2n) is 5.56. The molecule has 2 aromatic rings. The van der Waals surface area contributed by atoms with Gasteiger partial charge in [-0.15, -0.1) is 0 Å². The Morgan fingerprint density at radius 2 is 1.82 bits per heavy atom. The Kier molecular flexibility index (Phi) is 3.99. The fourth-order valence-corrected chi connectivity index (χ4v) is 3.86. The van der Waals surface area contributed by atoms with Gasteiger partial charge in [-0.25, -0.2) is 4.98 Å². The van der Waals surface area contributed by atoms with E-state index in [0.717, 1.165) is 73.6 Å². The van der Waals surface area contributed by atoms with Crippen molar-refractivity contribution in [2.75, 3.05) is 60.6 Å². The predicted octanol–water partition coefficient (Wildman–Crippen LogP) is 0.988. The molecule has 0 spiro atoms. The van der Waals surface area contributed by atoms with E-state index in [9.17, 15) is 0 Å². The van der Waals surface area contributed by atoms with E-state index in [2.05, 4.69) is 26.2 Å². The molecular formula is C15H20N6S. The Balaban J connectivity index is 1.78. The maximum atomic E-state index is 4.91. The molecule has 1 N–H and O–H groups in total. The number of aromatic nitrogens is 3. The van der Waals surface area contributed by atoms with E-state index in [0.29, 0.717) is 0 Å². The van der Waals surface area contributed by atoms with E-state index in [1.54, 1.807) is 0 Å². The average Bonchev–Trinajstić information content (AvgIpc) is 2.62. The number of thioether (sulfide) groups is 1.